The fraction of sp³-hybridized carbons (Fsp3) is 0.750. The molecule has 3 aliphatic carbocycles. The van der Waals surface area contributed by atoms with E-state index < -0.39 is 17.5 Å². The van der Waals surface area contributed by atoms with Crippen molar-refractivity contribution in [3.63, 3.8) is 0 Å². The molecule has 1 N–H and O–H groups in total. The summed E-state index contributed by atoms with van der Waals surface area (Å²) in [7, 11) is 1.39. The van der Waals surface area contributed by atoms with Gasteiger partial charge in [0.2, 0.25) is 5.78 Å². The third-order valence-electron chi connectivity index (χ3n) is 8.47. The van der Waals surface area contributed by atoms with Crippen LogP contribution < -0.4 is 0 Å². The third-order valence-corrected chi connectivity index (χ3v) is 8.47. The van der Waals surface area contributed by atoms with Crippen LogP contribution in [-0.4, -0.2) is 36.2 Å². The molecule has 0 aromatic carbocycles. The van der Waals surface area contributed by atoms with Gasteiger partial charge in [-0.25, -0.2) is 4.79 Å². The summed E-state index contributed by atoms with van der Waals surface area (Å²) in [6, 6.07) is 0. The average molecular weight is 405 g/mol. The minimum atomic E-state index is -1.97. The van der Waals surface area contributed by atoms with Crippen LogP contribution in [-0.2, 0) is 19.1 Å². The van der Waals surface area contributed by atoms with E-state index in [1.54, 1.807) is 6.92 Å². The molecular formula is C24H36O5. The number of Topliss-reactive ketones (excluding diaryl/α,β-unsaturated/α-hetero) is 1. The first-order valence-corrected chi connectivity index (χ1v) is 10.9. The van der Waals surface area contributed by atoms with E-state index in [0.717, 1.165) is 32.1 Å². The predicted molar refractivity (Wildman–Crippen MR) is 111 cm³/mol. The number of methoxy groups -OCH3 is 1. The maximum atomic E-state index is 13.1. The van der Waals surface area contributed by atoms with Gasteiger partial charge >= 0.3 is 5.97 Å². The molecule has 0 bridgehead atoms. The fourth-order valence-corrected chi connectivity index (χ4v) is 6.35. The molecule has 162 valence electrons. The first kappa shape index (κ1) is 22.1. The van der Waals surface area contributed by atoms with Gasteiger partial charge in [-0.05, 0) is 68.1 Å². The molecule has 2 fully saturated rings. The second-order valence-electron chi connectivity index (χ2n) is 9.79. The van der Waals surface area contributed by atoms with Crippen LogP contribution >= 0.6 is 0 Å². The van der Waals surface area contributed by atoms with Crippen LogP contribution in [0.1, 0.15) is 66.2 Å². The Labute approximate surface area is 174 Å². The monoisotopic (exact) mass is 404 g/mol. The van der Waals surface area contributed by atoms with E-state index in [1.807, 2.05) is 0 Å². The van der Waals surface area contributed by atoms with Crippen LogP contribution in [0.15, 0.2) is 24.0 Å². The number of hydrogen-bond donors (Lipinski definition) is 1. The van der Waals surface area contributed by atoms with Gasteiger partial charge in [0, 0.05) is 6.08 Å². The van der Waals surface area contributed by atoms with Gasteiger partial charge in [-0.2, -0.15) is 0 Å². The first-order valence-electron chi connectivity index (χ1n) is 10.9. The Morgan fingerprint density at radius 1 is 1.34 bits per heavy atom. The highest BCUT2D eigenvalue weighted by atomic mass is 16.5. The van der Waals surface area contributed by atoms with E-state index in [4.69, 9.17) is 9.47 Å². The number of rotatable bonds is 5. The van der Waals surface area contributed by atoms with Crippen molar-refractivity contribution >= 4 is 11.8 Å². The highest BCUT2D eigenvalue weighted by Gasteiger charge is 2.60. The molecule has 0 aromatic heterocycles. The number of esters is 1. The van der Waals surface area contributed by atoms with Crippen LogP contribution in [0.5, 0.6) is 0 Å². The molecule has 5 heteroatoms. The summed E-state index contributed by atoms with van der Waals surface area (Å²) in [6.07, 6.45) is 7.08. The van der Waals surface area contributed by atoms with Crippen molar-refractivity contribution in [2.75, 3.05) is 13.7 Å². The van der Waals surface area contributed by atoms with Crippen molar-refractivity contribution in [1.29, 1.82) is 0 Å². The van der Waals surface area contributed by atoms with Gasteiger partial charge in [0.1, 0.15) is 0 Å². The molecule has 3 aliphatic rings. The van der Waals surface area contributed by atoms with Crippen LogP contribution in [0.25, 0.3) is 0 Å². The molecule has 5 nitrogen and oxygen atoms in total. The van der Waals surface area contributed by atoms with E-state index in [9.17, 15) is 14.7 Å². The summed E-state index contributed by atoms with van der Waals surface area (Å²) in [6.45, 7) is 13.0. The van der Waals surface area contributed by atoms with E-state index in [2.05, 4.69) is 27.4 Å². The number of allylic oxidation sites excluding steroid dienone is 2. The van der Waals surface area contributed by atoms with Gasteiger partial charge in [0.05, 0.1) is 19.6 Å². The van der Waals surface area contributed by atoms with Crippen molar-refractivity contribution in [2.24, 2.45) is 28.6 Å². The number of ketones is 1. The van der Waals surface area contributed by atoms with Crippen molar-refractivity contribution < 1.29 is 24.2 Å². The van der Waals surface area contributed by atoms with Crippen LogP contribution in [0.3, 0.4) is 0 Å². The molecule has 0 spiro atoms. The minimum absolute atomic E-state index is 0.0424. The number of carbonyl (C=O) groups excluding carboxylic acids is 2. The van der Waals surface area contributed by atoms with E-state index in [-0.39, 0.29) is 29.0 Å². The second kappa shape index (κ2) is 7.57. The maximum absolute atomic E-state index is 13.1. The van der Waals surface area contributed by atoms with Crippen molar-refractivity contribution in [1.82, 2.24) is 0 Å². The van der Waals surface area contributed by atoms with E-state index in [0.29, 0.717) is 18.3 Å². The molecule has 0 unspecified atom stereocenters. The zero-order chi connectivity index (χ0) is 21.6. The molecule has 0 radical (unpaired) electrons. The van der Waals surface area contributed by atoms with E-state index >= 15 is 0 Å². The molecular weight excluding hydrogens is 368 g/mol. The van der Waals surface area contributed by atoms with Crippen LogP contribution in [0, 0.1) is 28.6 Å². The zero-order valence-corrected chi connectivity index (χ0v) is 18.5. The average Bonchev–Trinajstić information content (AvgIpc) is 2.92. The molecule has 0 aromatic rings. The summed E-state index contributed by atoms with van der Waals surface area (Å²) < 4.78 is 10.3. The zero-order valence-electron chi connectivity index (χ0n) is 18.5. The first-order chi connectivity index (χ1) is 13.5. The Hall–Kier alpha value is -1.62. The smallest absolute Gasteiger partial charge is 0.343 e. The topological polar surface area (TPSA) is 72.8 Å². The maximum Gasteiger partial charge on any atom is 0.343 e. The molecule has 2 saturated carbocycles. The number of hydrogen-bond acceptors (Lipinski definition) is 5. The quantitative estimate of drug-likeness (QED) is 0.549. The predicted octanol–water partition coefficient (Wildman–Crippen LogP) is 4.20. The van der Waals surface area contributed by atoms with Gasteiger partial charge in [0.25, 0.3) is 0 Å². The highest BCUT2D eigenvalue weighted by molar-refractivity contribution is 6.05. The Bertz CT molecular complexity index is 740. The normalized spacial score (nSPS) is 42.3. The van der Waals surface area contributed by atoms with Crippen LogP contribution in [0.2, 0.25) is 0 Å². The molecule has 0 aliphatic heterocycles. The molecule has 0 saturated heterocycles. The SMILES string of the molecule is C=C1CCC[C@H]2[C@](C)(C[C@H]3C(=O)C(OC)=C[C@@]3(O)C(=O)OCC)[C@@H](C)CC[C@]12C. The molecule has 29 heavy (non-hydrogen) atoms. The second-order valence-corrected chi connectivity index (χ2v) is 9.79. The van der Waals surface area contributed by atoms with Gasteiger partial charge in [-0.1, -0.05) is 32.9 Å². The largest absolute Gasteiger partial charge is 0.493 e. The van der Waals surface area contributed by atoms with Crippen molar-refractivity contribution in [3.05, 3.63) is 24.0 Å². The van der Waals surface area contributed by atoms with Gasteiger partial charge in [0.15, 0.2) is 11.4 Å². The summed E-state index contributed by atoms with van der Waals surface area (Å²) in [5.41, 5.74) is -0.823. The van der Waals surface area contributed by atoms with E-state index in [1.165, 1.54) is 18.8 Å². The lowest BCUT2D eigenvalue weighted by Crippen LogP contribution is -2.54. The number of carbonyl (C=O) groups is 2. The van der Waals surface area contributed by atoms with Gasteiger partial charge < -0.3 is 14.6 Å². The van der Waals surface area contributed by atoms with Crippen LogP contribution in [0.4, 0.5) is 0 Å². The van der Waals surface area contributed by atoms with Crippen molar-refractivity contribution in [3.8, 4) is 0 Å². The lowest BCUT2D eigenvalue weighted by atomic mass is 9.45. The lowest BCUT2D eigenvalue weighted by molar-refractivity contribution is -0.169. The molecule has 0 amide bonds. The Morgan fingerprint density at radius 2 is 2.03 bits per heavy atom. The Kier molecular flexibility index (Phi) is 5.76. The highest BCUT2D eigenvalue weighted by Crippen LogP contribution is 2.63. The molecule has 6 atom stereocenters. The van der Waals surface area contributed by atoms with Gasteiger partial charge in [-0.3, -0.25) is 4.79 Å². The molecule has 3 rings (SSSR count). The standard InChI is InChI=1S/C24H36O5/c1-7-29-21(26)24(27)14-18(28-6)20(25)17(24)13-23(5)16(3)11-12-22(4)15(2)9-8-10-19(22)23/h14,16-17,19,27H,2,7-13H2,1,3-6H3/t16-,17-,19+,22+,23+,24-/m0/s1. The minimum Gasteiger partial charge on any atom is -0.493 e. The lowest BCUT2D eigenvalue weighted by Gasteiger charge is -2.59. The van der Waals surface area contributed by atoms with Gasteiger partial charge in [-0.15, -0.1) is 0 Å². The third kappa shape index (κ3) is 3.26. The number of fused-ring (bicyclic) bond motifs is 1. The summed E-state index contributed by atoms with van der Waals surface area (Å²) in [5.74, 6) is -1.18. The molecule has 0 heterocycles. The summed E-state index contributed by atoms with van der Waals surface area (Å²) >= 11 is 0. The Morgan fingerprint density at radius 3 is 2.66 bits per heavy atom. The fourth-order valence-electron chi connectivity index (χ4n) is 6.35. The summed E-state index contributed by atoms with van der Waals surface area (Å²) in [5, 5.41) is 11.3. The number of aliphatic hydroxyl groups is 1. The van der Waals surface area contributed by atoms with Crippen molar-refractivity contribution in [2.45, 2.75) is 71.8 Å². The Balaban J connectivity index is 1.99. The number of ether oxygens (including phenoxy) is 2. The summed E-state index contributed by atoms with van der Waals surface area (Å²) in [4.78, 5) is 25.8.